The molecule has 0 aromatic rings. The van der Waals surface area contributed by atoms with Gasteiger partial charge in [-0.15, -0.1) is 6.58 Å². The summed E-state index contributed by atoms with van der Waals surface area (Å²) in [7, 11) is 0. The SMILES string of the molecule is C=CCCC(O)COCCOCCO. The predicted octanol–water partition coefficient (Wildman–Crippen LogP) is 0.339. The smallest absolute Gasteiger partial charge is 0.0776 e. The molecule has 0 fully saturated rings. The molecular weight excluding hydrogens is 184 g/mol. The van der Waals surface area contributed by atoms with Crippen molar-refractivity contribution in [1.29, 1.82) is 0 Å². The maximum atomic E-state index is 9.33. The van der Waals surface area contributed by atoms with Crippen LogP contribution < -0.4 is 0 Å². The van der Waals surface area contributed by atoms with E-state index in [-0.39, 0.29) is 6.61 Å². The summed E-state index contributed by atoms with van der Waals surface area (Å²) in [6.45, 7) is 5.16. The summed E-state index contributed by atoms with van der Waals surface area (Å²) in [4.78, 5) is 0. The highest BCUT2D eigenvalue weighted by Crippen LogP contribution is 1.97. The van der Waals surface area contributed by atoms with E-state index in [0.717, 1.165) is 6.42 Å². The molecule has 0 aromatic carbocycles. The molecule has 0 aliphatic rings. The second-order valence-electron chi connectivity index (χ2n) is 2.93. The van der Waals surface area contributed by atoms with Gasteiger partial charge in [-0.3, -0.25) is 0 Å². The minimum atomic E-state index is -0.425. The predicted molar refractivity (Wildman–Crippen MR) is 54.2 cm³/mol. The van der Waals surface area contributed by atoms with Gasteiger partial charge >= 0.3 is 0 Å². The number of hydrogen-bond acceptors (Lipinski definition) is 4. The van der Waals surface area contributed by atoms with E-state index in [2.05, 4.69) is 6.58 Å². The van der Waals surface area contributed by atoms with E-state index in [1.807, 2.05) is 0 Å². The fourth-order valence-electron chi connectivity index (χ4n) is 0.897. The molecule has 84 valence electrons. The fourth-order valence-corrected chi connectivity index (χ4v) is 0.897. The van der Waals surface area contributed by atoms with E-state index >= 15 is 0 Å². The first-order valence-corrected chi connectivity index (χ1v) is 4.86. The first-order valence-electron chi connectivity index (χ1n) is 4.86. The zero-order chi connectivity index (χ0) is 10.6. The van der Waals surface area contributed by atoms with E-state index in [0.29, 0.717) is 32.8 Å². The Hall–Kier alpha value is -0.420. The Balaban J connectivity index is 3.06. The second-order valence-corrected chi connectivity index (χ2v) is 2.93. The van der Waals surface area contributed by atoms with Gasteiger partial charge in [0.05, 0.1) is 39.1 Å². The van der Waals surface area contributed by atoms with Gasteiger partial charge in [-0.25, -0.2) is 0 Å². The molecule has 1 unspecified atom stereocenters. The maximum Gasteiger partial charge on any atom is 0.0776 e. The molecule has 0 aliphatic heterocycles. The van der Waals surface area contributed by atoms with Crippen molar-refractivity contribution in [3.63, 3.8) is 0 Å². The number of ether oxygens (including phenoxy) is 2. The van der Waals surface area contributed by atoms with Crippen molar-refractivity contribution in [3.8, 4) is 0 Å². The third-order valence-corrected chi connectivity index (χ3v) is 1.62. The molecular formula is C10H20O4. The molecule has 0 rings (SSSR count). The summed E-state index contributed by atoms with van der Waals surface area (Å²) < 4.78 is 10.1. The highest BCUT2D eigenvalue weighted by Gasteiger charge is 2.01. The minimum Gasteiger partial charge on any atom is -0.394 e. The molecule has 0 saturated heterocycles. The molecule has 0 radical (unpaired) electrons. The van der Waals surface area contributed by atoms with E-state index < -0.39 is 6.10 Å². The molecule has 0 aromatic heterocycles. The molecule has 0 saturated carbocycles. The van der Waals surface area contributed by atoms with Gasteiger partial charge in [0.15, 0.2) is 0 Å². The van der Waals surface area contributed by atoms with E-state index in [4.69, 9.17) is 14.6 Å². The Kier molecular flexibility index (Phi) is 10.3. The standard InChI is InChI=1S/C10H20O4/c1-2-3-4-10(12)9-14-8-7-13-6-5-11/h2,10-12H,1,3-9H2. The quantitative estimate of drug-likeness (QED) is 0.398. The lowest BCUT2D eigenvalue weighted by molar-refractivity contribution is -0.00374. The molecule has 0 heterocycles. The summed E-state index contributed by atoms with van der Waals surface area (Å²) in [6, 6.07) is 0. The van der Waals surface area contributed by atoms with Gasteiger partial charge in [-0.1, -0.05) is 6.08 Å². The maximum absolute atomic E-state index is 9.33. The number of hydrogen-bond donors (Lipinski definition) is 2. The van der Waals surface area contributed by atoms with E-state index in [1.54, 1.807) is 6.08 Å². The molecule has 0 aliphatic carbocycles. The zero-order valence-corrected chi connectivity index (χ0v) is 8.52. The van der Waals surface area contributed by atoms with Crippen molar-refractivity contribution in [2.75, 3.05) is 33.0 Å². The lowest BCUT2D eigenvalue weighted by Gasteiger charge is -2.09. The molecule has 2 N–H and O–H groups in total. The average Bonchev–Trinajstić information content (AvgIpc) is 2.20. The van der Waals surface area contributed by atoms with Crippen LogP contribution in [-0.2, 0) is 9.47 Å². The highest BCUT2D eigenvalue weighted by atomic mass is 16.5. The van der Waals surface area contributed by atoms with E-state index in [1.165, 1.54) is 0 Å². The van der Waals surface area contributed by atoms with Gasteiger partial charge < -0.3 is 19.7 Å². The normalized spacial score (nSPS) is 12.7. The van der Waals surface area contributed by atoms with Crippen LogP contribution in [0.4, 0.5) is 0 Å². The summed E-state index contributed by atoms with van der Waals surface area (Å²) >= 11 is 0. The Morgan fingerprint density at radius 3 is 2.57 bits per heavy atom. The first-order chi connectivity index (χ1) is 6.81. The third kappa shape index (κ3) is 9.67. The van der Waals surface area contributed by atoms with Crippen LogP contribution in [0.2, 0.25) is 0 Å². The second kappa shape index (κ2) is 10.7. The summed E-state index contributed by atoms with van der Waals surface area (Å²) in [5.74, 6) is 0. The van der Waals surface area contributed by atoms with Crippen molar-refractivity contribution in [2.45, 2.75) is 18.9 Å². The average molecular weight is 204 g/mol. The Labute approximate surface area is 85.1 Å². The van der Waals surface area contributed by atoms with Crippen molar-refractivity contribution >= 4 is 0 Å². The number of allylic oxidation sites excluding steroid dienone is 1. The van der Waals surface area contributed by atoms with Gasteiger partial charge in [-0.05, 0) is 12.8 Å². The number of rotatable bonds is 10. The molecule has 0 bridgehead atoms. The van der Waals surface area contributed by atoms with E-state index in [9.17, 15) is 5.11 Å². The first kappa shape index (κ1) is 13.6. The molecule has 4 heteroatoms. The van der Waals surface area contributed by atoms with Crippen LogP contribution in [0.25, 0.3) is 0 Å². The lowest BCUT2D eigenvalue weighted by atomic mass is 10.2. The van der Waals surface area contributed by atoms with Crippen LogP contribution in [0.15, 0.2) is 12.7 Å². The third-order valence-electron chi connectivity index (χ3n) is 1.62. The van der Waals surface area contributed by atoms with Crippen LogP contribution in [-0.4, -0.2) is 49.4 Å². The monoisotopic (exact) mass is 204 g/mol. The largest absolute Gasteiger partial charge is 0.394 e. The van der Waals surface area contributed by atoms with Crippen LogP contribution in [0.3, 0.4) is 0 Å². The molecule has 1 atom stereocenters. The zero-order valence-electron chi connectivity index (χ0n) is 8.52. The summed E-state index contributed by atoms with van der Waals surface area (Å²) in [6.07, 6.45) is 2.82. The van der Waals surface area contributed by atoms with Gasteiger partial charge in [-0.2, -0.15) is 0 Å². The van der Waals surface area contributed by atoms with Crippen molar-refractivity contribution in [2.24, 2.45) is 0 Å². The lowest BCUT2D eigenvalue weighted by Crippen LogP contribution is -2.17. The Morgan fingerprint density at radius 1 is 1.21 bits per heavy atom. The highest BCUT2D eigenvalue weighted by molar-refractivity contribution is 4.68. The van der Waals surface area contributed by atoms with Gasteiger partial charge in [0.1, 0.15) is 0 Å². The number of aliphatic hydroxyl groups is 2. The van der Waals surface area contributed by atoms with Crippen molar-refractivity contribution in [3.05, 3.63) is 12.7 Å². The molecule has 4 nitrogen and oxygen atoms in total. The van der Waals surface area contributed by atoms with Crippen molar-refractivity contribution < 1.29 is 19.7 Å². The minimum absolute atomic E-state index is 0.0297. The van der Waals surface area contributed by atoms with Gasteiger partial charge in [0.2, 0.25) is 0 Å². The number of aliphatic hydroxyl groups excluding tert-OH is 2. The summed E-state index contributed by atoms with van der Waals surface area (Å²) in [5, 5.41) is 17.7. The molecule has 0 amide bonds. The van der Waals surface area contributed by atoms with Crippen LogP contribution in [0.5, 0.6) is 0 Å². The van der Waals surface area contributed by atoms with Crippen LogP contribution in [0, 0.1) is 0 Å². The molecule has 0 spiro atoms. The van der Waals surface area contributed by atoms with Crippen LogP contribution in [0.1, 0.15) is 12.8 Å². The molecule has 14 heavy (non-hydrogen) atoms. The Bertz CT molecular complexity index is 127. The van der Waals surface area contributed by atoms with Crippen molar-refractivity contribution in [1.82, 2.24) is 0 Å². The summed E-state index contributed by atoms with van der Waals surface area (Å²) in [5.41, 5.74) is 0. The van der Waals surface area contributed by atoms with Gasteiger partial charge in [0.25, 0.3) is 0 Å². The van der Waals surface area contributed by atoms with Gasteiger partial charge in [0, 0.05) is 0 Å². The fraction of sp³-hybridized carbons (Fsp3) is 0.800. The Morgan fingerprint density at radius 2 is 1.93 bits per heavy atom. The topological polar surface area (TPSA) is 58.9 Å². The van der Waals surface area contributed by atoms with Crippen LogP contribution >= 0.6 is 0 Å².